The summed E-state index contributed by atoms with van der Waals surface area (Å²) in [4.78, 5) is 4.54. The summed E-state index contributed by atoms with van der Waals surface area (Å²) in [5.74, 6) is 0.645. The Morgan fingerprint density at radius 1 is 0.706 bits per heavy atom. The number of para-hydroxylation sites is 2. The molecule has 0 saturated heterocycles. The summed E-state index contributed by atoms with van der Waals surface area (Å²) in [6.07, 6.45) is 3.39. The largest absolute Gasteiger partial charge is 0.436 e. The highest BCUT2D eigenvalue weighted by Crippen LogP contribution is 2.24. The summed E-state index contributed by atoms with van der Waals surface area (Å²) >= 11 is 0. The molecule has 0 aliphatic rings. The van der Waals surface area contributed by atoms with Crippen LogP contribution in [0.2, 0.25) is 0 Å². The predicted octanol–water partition coefficient (Wildman–Crippen LogP) is 6.06. The topological polar surface area (TPSA) is 56.5 Å². The van der Waals surface area contributed by atoms with Crippen LogP contribution >= 0.6 is 12.4 Å². The molecule has 0 unspecified atom stereocenters. The zero-order valence-electron chi connectivity index (χ0n) is 19.4. The molecule has 0 fully saturated rings. The number of aromatic nitrogens is 1. The van der Waals surface area contributed by atoms with E-state index in [0.29, 0.717) is 19.1 Å². The number of fused-ring (bicyclic) bond motifs is 1. The van der Waals surface area contributed by atoms with Crippen molar-refractivity contribution in [2.24, 2.45) is 0 Å². The molecule has 4 rings (SSSR count). The number of halogens is 1. The van der Waals surface area contributed by atoms with E-state index in [9.17, 15) is 0 Å². The van der Waals surface area contributed by atoms with Gasteiger partial charge >= 0.3 is 0 Å². The monoisotopic (exact) mass is 480 g/mol. The van der Waals surface area contributed by atoms with Crippen LogP contribution in [0.1, 0.15) is 24.0 Å². The average Bonchev–Trinajstić information content (AvgIpc) is 3.30. The van der Waals surface area contributed by atoms with Gasteiger partial charge in [0.2, 0.25) is 5.89 Å². The van der Waals surface area contributed by atoms with Crippen molar-refractivity contribution in [3.05, 3.63) is 90.0 Å². The van der Waals surface area contributed by atoms with Crippen molar-refractivity contribution in [1.82, 2.24) is 10.3 Å². The van der Waals surface area contributed by atoms with E-state index in [1.165, 1.54) is 12.0 Å². The number of hydrogen-bond acceptors (Lipinski definition) is 5. The van der Waals surface area contributed by atoms with Gasteiger partial charge in [-0.1, -0.05) is 54.6 Å². The lowest BCUT2D eigenvalue weighted by Gasteiger charge is -2.08. The van der Waals surface area contributed by atoms with E-state index < -0.39 is 0 Å². The van der Waals surface area contributed by atoms with Crippen molar-refractivity contribution in [2.45, 2.75) is 25.9 Å². The summed E-state index contributed by atoms with van der Waals surface area (Å²) in [5, 5.41) is 3.36. The van der Waals surface area contributed by atoms with Gasteiger partial charge in [0.25, 0.3) is 0 Å². The lowest BCUT2D eigenvalue weighted by molar-refractivity contribution is 0.112. The van der Waals surface area contributed by atoms with Crippen LogP contribution in [0.4, 0.5) is 0 Å². The molecule has 0 bridgehead atoms. The van der Waals surface area contributed by atoms with Crippen molar-refractivity contribution >= 4 is 23.5 Å². The molecule has 1 N–H and O–H groups in total. The van der Waals surface area contributed by atoms with Gasteiger partial charge in [0.15, 0.2) is 5.58 Å². The van der Waals surface area contributed by atoms with Crippen LogP contribution in [0.3, 0.4) is 0 Å². The highest BCUT2D eigenvalue weighted by Gasteiger charge is 2.07. The Labute approximate surface area is 207 Å². The molecule has 34 heavy (non-hydrogen) atoms. The summed E-state index contributed by atoms with van der Waals surface area (Å²) < 4.78 is 17.3. The van der Waals surface area contributed by atoms with E-state index in [1.54, 1.807) is 0 Å². The van der Waals surface area contributed by atoms with Crippen LogP contribution in [-0.2, 0) is 22.5 Å². The third kappa shape index (κ3) is 8.26. The molecule has 0 amide bonds. The number of ether oxygens (including phenoxy) is 2. The van der Waals surface area contributed by atoms with Gasteiger partial charge in [-0.15, -0.1) is 12.4 Å². The third-order valence-electron chi connectivity index (χ3n) is 5.46. The predicted molar refractivity (Wildman–Crippen MR) is 139 cm³/mol. The minimum Gasteiger partial charge on any atom is -0.436 e. The van der Waals surface area contributed by atoms with Crippen molar-refractivity contribution in [3.8, 4) is 11.5 Å². The van der Waals surface area contributed by atoms with Crippen molar-refractivity contribution in [2.75, 3.05) is 32.9 Å². The Bertz CT molecular complexity index is 1050. The van der Waals surface area contributed by atoms with Crippen LogP contribution < -0.4 is 5.32 Å². The number of oxazole rings is 1. The number of rotatable bonds is 14. The molecule has 0 aliphatic carbocycles. The fourth-order valence-corrected chi connectivity index (χ4v) is 3.62. The molecule has 0 saturated carbocycles. The Balaban J connectivity index is 0.00000324. The van der Waals surface area contributed by atoms with Gasteiger partial charge in [-0.05, 0) is 54.7 Å². The number of nitrogens with one attached hydrogen (secondary N) is 1. The molecule has 0 aliphatic heterocycles. The smallest absolute Gasteiger partial charge is 0.227 e. The second-order valence-electron chi connectivity index (χ2n) is 8.04. The molecular formula is C28H33ClN2O3. The van der Waals surface area contributed by atoms with E-state index in [4.69, 9.17) is 13.9 Å². The SMILES string of the molecule is Cl.c1ccc(CCCCOCCNCCOCc2ccc(-c3nc4ccccc4o3)cc2)cc1. The molecule has 0 spiro atoms. The first-order chi connectivity index (χ1) is 16.4. The molecule has 180 valence electrons. The molecule has 3 aromatic carbocycles. The van der Waals surface area contributed by atoms with Gasteiger partial charge in [0.1, 0.15) is 5.52 Å². The van der Waals surface area contributed by atoms with Crippen molar-refractivity contribution < 1.29 is 13.9 Å². The molecule has 5 nitrogen and oxygen atoms in total. The second kappa shape index (κ2) is 14.5. The summed E-state index contributed by atoms with van der Waals surface area (Å²) in [5.41, 5.74) is 5.19. The maximum Gasteiger partial charge on any atom is 0.227 e. The number of benzene rings is 3. The Hall–Kier alpha value is -2.70. The summed E-state index contributed by atoms with van der Waals surface area (Å²) in [6, 6.07) is 26.6. The highest BCUT2D eigenvalue weighted by molar-refractivity contribution is 5.85. The Kier molecular flexibility index (Phi) is 11.1. The minimum absolute atomic E-state index is 0. The van der Waals surface area contributed by atoms with Crippen LogP contribution in [0.25, 0.3) is 22.6 Å². The van der Waals surface area contributed by atoms with Gasteiger partial charge in [0, 0.05) is 25.3 Å². The summed E-state index contributed by atoms with van der Waals surface area (Å²) in [6.45, 7) is 4.49. The Morgan fingerprint density at radius 2 is 1.44 bits per heavy atom. The normalized spacial score (nSPS) is 10.9. The zero-order valence-corrected chi connectivity index (χ0v) is 20.3. The first-order valence-corrected chi connectivity index (χ1v) is 11.7. The maximum absolute atomic E-state index is 5.82. The maximum atomic E-state index is 5.82. The van der Waals surface area contributed by atoms with Gasteiger partial charge < -0.3 is 19.2 Å². The quantitative estimate of drug-likeness (QED) is 0.222. The van der Waals surface area contributed by atoms with Gasteiger partial charge in [-0.2, -0.15) is 0 Å². The van der Waals surface area contributed by atoms with E-state index >= 15 is 0 Å². The van der Waals surface area contributed by atoms with E-state index in [0.717, 1.165) is 61.4 Å². The van der Waals surface area contributed by atoms with E-state index in [2.05, 4.69) is 52.8 Å². The van der Waals surface area contributed by atoms with Crippen LogP contribution in [0.15, 0.2) is 83.3 Å². The second-order valence-corrected chi connectivity index (χ2v) is 8.04. The number of unbranched alkanes of at least 4 members (excludes halogenated alkanes) is 1. The number of aryl methyl sites for hydroxylation is 1. The van der Waals surface area contributed by atoms with E-state index in [1.807, 2.05) is 36.4 Å². The lowest BCUT2D eigenvalue weighted by atomic mass is 10.1. The van der Waals surface area contributed by atoms with Crippen LogP contribution in [0.5, 0.6) is 0 Å². The van der Waals surface area contributed by atoms with Gasteiger partial charge in [-0.3, -0.25) is 0 Å². The van der Waals surface area contributed by atoms with E-state index in [-0.39, 0.29) is 12.4 Å². The fourth-order valence-electron chi connectivity index (χ4n) is 3.62. The molecule has 0 radical (unpaired) electrons. The third-order valence-corrected chi connectivity index (χ3v) is 5.46. The molecule has 6 heteroatoms. The van der Waals surface area contributed by atoms with Crippen molar-refractivity contribution in [3.63, 3.8) is 0 Å². The van der Waals surface area contributed by atoms with Crippen LogP contribution in [-0.4, -0.2) is 37.9 Å². The van der Waals surface area contributed by atoms with Crippen LogP contribution in [0, 0.1) is 0 Å². The molecule has 0 atom stereocenters. The average molecular weight is 481 g/mol. The fraction of sp³-hybridized carbons (Fsp3) is 0.321. The van der Waals surface area contributed by atoms with Crippen molar-refractivity contribution in [1.29, 1.82) is 0 Å². The number of hydrogen-bond donors (Lipinski definition) is 1. The molecule has 1 aromatic heterocycles. The van der Waals surface area contributed by atoms with Gasteiger partial charge in [-0.25, -0.2) is 4.98 Å². The van der Waals surface area contributed by atoms with Gasteiger partial charge in [0.05, 0.1) is 19.8 Å². The molecular weight excluding hydrogens is 448 g/mol. The number of nitrogens with zero attached hydrogens (tertiary/aromatic N) is 1. The Morgan fingerprint density at radius 3 is 2.24 bits per heavy atom. The zero-order chi connectivity index (χ0) is 22.6. The lowest BCUT2D eigenvalue weighted by Crippen LogP contribution is -2.24. The standard InChI is InChI=1S/C28H32N2O3.ClH/c1-2-8-23(9-3-1)10-6-7-19-31-20-17-29-18-21-32-22-24-13-15-25(16-14-24)28-30-26-11-4-5-12-27(26)33-28;/h1-5,8-9,11-16,29H,6-7,10,17-22H2;1H. The minimum atomic E-state index is 0. The summed E-state index contributed by atoms with van der Waals surface area (Å²) in [7, 11) is 0. The molecule has 4 aromatic rings. The highest BCUT2D eigenvalue weighted by atomic mass is 35.5. The molecule has 1 heterocycles. The first-order valence-electron chi connectivity index (χ1n) is 11.7. The first kappa shape index (κ1) is 25.9.